The van der Waals surface area contributed by atoms with Crippen molar-refractivity contribution in [2.75, 3.05) is 43.2 Å². The van der Waals surface area contributed by atoms with E-state index in [-0.39, 0.29) is 10.7 Å². The Balaban J connectivity index is 3.00. The summed E-state index contributed by atoms with van der Waals surface area (Å²) in [5, 5.41) is 0.595. The van der Waals surface area contributed by atoms with Crippen molar-refractivity contribution in [2.45, 2.75) is 18.7 Å². The monoisotopic (exact) mass is 293 g/mol. The van der Waals surface area contributed by atoms with Gasteiger partial charge >= 0.3 is 0 Å². The van der Waals surface area contributed by atoms with Crippen molar-refractivity contribution in [1.29, 1.82) is 0 Å². The van der Waals surface area contributed by atoms with Crippen LogP contribution >= 0.6 is 11.5 Å². The third kappa shape index (κ3) is 3.56. The molecule has 8 heteroatoms. The number of hydrogen-bond donors (Lipinski definition) is 1. The molecule has 1 aromatic rings. The minimum absolute atomic E-state index is 0.0763. The molecular weight excluding hydrogens is 274 g/mol. The largest absolute Gasteiger partial charge is 0.382 e. The van der Waals surface area contributed by atoms with Gasteiger partial charge in [-0.1, -0.05) is 0 Å². The van der Waals surface area contributed by atoms with Crippen LogP contribution in [0.2, 0.25) is 0 Å². The van der Waals surface area contributed by atoms with Gasteiger partial charge in [-0.05, 0) is 25.4 Å². The first-order chi connectivity index (χ1) is 8.41. The molecule has 0 amide bonds. The van der Waals surface area contributed by atoms with Gasteiger partial charge in [0.1, 0.15) is 9.90 Å². The summed E-state index contributed by atoms with van der Waals surface area (Å²) >= 11 is 1.11. The van der Waals surface area contributed by atoms with E-state index < -0.39 is 9.84 Å². The summed E-state index contributed by atoms with van der Waals surface area (Å²) in [6.07, 6.45) is 1.15. The molecule has 0 fully saturated rings. The van der Waals surface area contributed by atoms with Crippen LogP contribution in [0.3, 0.4) is 0 Å². The van der Waals surface area contributed by atoms with Crippen LogP contribution in [0, 0.1) is 0 Å². The Morgan fingerprint density at radius 2 is 2.11 bits per heavy atom. The Bertz CT molecular complexity index is 485. The molecule has 104 valence electrons. The number of nitrogens with zero attached hydrogens (tertiary/aromatic N) is 2. The Morgan fingerprint density at radius 3 is 2.61 bits per heavy atom. The molecule has 0 aliphatic carbocycles. The van der Waals surface area contributed by atoms with E-state index in [1.165, 1.54) is 0 Å². The summed E-state index contributed by atoms with van der Waals surface area (Å²) in [5.74, 6) is 0.0763. The fourth-order valence-corrected chi connectivity index (χ4v) is 3.85. The molecule has 0 radical (unpaired) electrons. The maximum absolute atomic E-state index is 11.7. The fourth-order valence-electron chi connectivity index (χ4n) is 1.56. The van der Waals surface area contributed by atoms with E-state index in [4.69, 9.17) is 10.5 Å². The molecule has 0 atom stereocenters. The van der Waals surface area contributed by atoms with Gasteiger partial charge in [-0.2, -0.15) is 4.37 Å². The second-order valence-electron chi connectivity index (χ2n) is 3.75. The van der Waals surface area contributed by atoms with E-state index in [0.29, 0.717) is 31.3 Å². The molecule has 2 N–H and O–H groups in total. The SMILES string of the molecule is CCOCCN(CC)c1snc(N)c1S(C)(=O)=O. The van der Waals surface area contributed by atoms with Gasteiger partial charge in [0.25, 0.3) is 0 Å². The predicted molar refractivity (Wildman–Crippen MR) is 74.0 cm³/mol. The van der Waals surface area contributed by atoms with Gasteiger partial charge in [0.15, 0.2) is 15.7 Å². The third-order valence-electron chi connectivity index (χ3n) is 2.41. The van der Waals surface area contributed by atoms with Crippen LogP contribution in [-0.4, -0.2) is 45.4 Å². The molecule has 0 saturated carbocycles. The highest BCUT2D eigenvalue weighted by Crippen LogP contribution is 2.34. The minimum atomic E-state index is -3.37. The molecule has 0 saturated heterocycles. The van der Waals surface area contributed by atoms with Crippen molar-refractivity contribution >= 4 is 32.2 Å². The summed E-state index contributed by atoms with van der Waals surface area (Å²) in [4.78, 5) is 2.05. The number of sulfone groups is 1. The number of hydrogen-bond acceptors (Lipinski definition) is 7. The number of nitrogen functional groups attached to an aromatic ring is 1. The molecule has 0 aliphatic heterocycles. The molecular formula is C10H19N3O3S2. The van der Waals surface area contributed by atoms with Gasteiger partial charge < -0.3 is 15.4 Å². The molecule has 1 rings (SSSR count). The average Bonchev–Trinajstić information content (AvgIpc) is 2.66. The molecule has 18 heavy (non-hydrogen) atoms. The first-order valence-corrected chi connectivity index (χ1v) is 8.36. The second kappa shape index (κ2) is 6.35. The Hall–Kier alpha value is -0.860. The number of likely N-dealkylation sites (N-methyl/N-ethyl adjacent to an activating group) is 1. The van der Waals surface area contributed by atoms with Crippen LogP contribution in [0.1, 0.15) is 13.8 Å². The number of ether oxygens (including phenoxy) is 1. The first-order valence-electron chi connectivity index (χ1n) is 5.69. The molecule has 0 aliphatic rings. The zero-order valence-corrected chi connectivity index (χ0v) is 12.5. The normalized spacial score (nSPS) is 11.7. The van der Waals surface area contributed by atoms with Gasteiger partial charge in [0, 0.05) is 26.0 Å². The van der Waals surface area contributed by atoms with Crippen LogP contribution < -0.4 is 10.6 Å². The lowest BCUT2D eigenvalue weighted by atomic mass is 10.4. The molecule has 0 spiro atoms. The lowest BCUT2D eigenvalue weighted by Gasteiger charge is -2.21. The maximum Gasteiger partial charge on any atom is 0.182 e. The molecule has 0 unspecified atom stereocenters. The van der Waals surface area contributed by atoms with Gasteiger partial charge in [-0.25, -0.2) is 8.42 Å². The number of anilines is 2. The van der Waals surface area contributed by atoms with Crippen LogP contribution in [-0.2, 0) is 14.6 Å². The second-order valence-corrected chi connectivity index (χ2v) is 6.46. The standard InChI is InChI=1S/C10H19N3O3S2/c1-4-13(6-7-16-5-2)10-8(18(3,14)15)9(11)12-17-10/h4-7H2,1-3H3,(H2,11,12). The average molecular weight is 293 g/mol. The summed E-state index contributed by atoms with van der Waals surface area (Å²) in [5.41, 5.74) is 5.64. The Morgan fingerprint density at radius 1 is 1.44 bits per heavy atom. The van der Waals surface area contributed by atoms with Gasteiger partial charge in [0.2, 0.25) is 0 Å². The molecule has 1 heterocycles. The topological polar surface area (TPSA) is 85.5 Å². The highest BCUT2D eigenvalue weighted by molar-refractivity contribution is 7.91. The van der Waals surface area contributed by atoms with Crippen molar-refractivity contribution in [1.82, 2.24) is 4.37 Å². The van der Waals surface area contributed by atoms with Gasteiger partial charge in [0.05, 0.1) is 6.61 Å². The summed E-state index contributed by atoms with van der Waals surface area (Å²) in [7, 11) is -3.37. The van der Waals surface area contributed by atoms with Crippen LogP contribution in [0.25, 0.3) is 0 Å². The number of rotatable bonds is 7. The van der Waals surface area contributed by atoms with E-state index in [9.17, 15) is 8.42 Å². The smallest absolute Gasteiger partial charge is 0.182 e. The van der Waals surface area contributed by atoms with Gasteiger partial charge in [-0.15, -0.1) is 0 Å². The predicted octanol–water partition coefficient (Wildman–Crippen LogP) is 0.992. The Kier molecular flexibility index (Phi) is 5.36. The van der Waals surface area contributed by atoms with Crippen molar-refractivity contribution in [3.8, 4) is 0 Å². The maximum atomic E-state index is 11.7. The highest BCUT2D eigenvalue weighted by Gasteiger charge is 2.24. The lowest BCUT2D eigenvalue weighted by molar-refractivity contribution is 0.154. The minimum Gasteiger partial charge on any atom is -0.382 e. The van der Waals surface area contributed by atoms with Crippen LogP contribution in [0.4, 0.5) is 10.8 Å². The van der Waals surface area contributed by atoms with Crippen LogP contribution in [0.5, 0.6) is 0 Å². The van der Waals surface area contributed by atoms with Crippen LogP contribution in [0.15, 0.2) is 4.90 Å². The van der Waals surface area contributed by atoms with E-state index in [1.54, 1.807) is 0 Å². The summed E-state index contributed by atoms with van der Waals surface area (Å²) < 4.78 is 32.6. The lowest BCUT2D eigenvalue weighted by Crippen LogP contribution is -2.27. The van der Waals surface area contributed by atoms with E-state index >= 15 is 0 Å². The molecule has 0 bridgehead atoms. The van der Waals surface area contributed by atoms with Crippen molar-refractivity contribution in [2.24, 2.45) is 0 Å². The van der Waals surface area contributed by atoms with E-state index in [2.05, 4.69) is 4.37 Å². The van der Waals surface area contributed by atoms with Crippen molar-refractivity contribution in [3.05, 3.63) is 0 Å². The molecule has 1 aromatic heterocycles. The summed E-state index contributed by atoms with van der Waals surface area (Å²) in [6.45, 7) is 6.36. The first kappa shape index (κ1) is 15.2. The molecule has 0 aromatic carbocycles. The quantitative estimate of drug-likeness (QED) is 0.755. The number of nitrogens with two attached hydrogens (primary N) is 1. The third-order valence-corrected chi connectivity index (χ3v) is 4.60. The zero-order valence-electron chi connectivity index (χ0n) is 10.8. The number of aromatic nitrogens is 1. The highest BCUT2D eigenvalue weighted by atomic mass is 32.2. The van der Waals surface area contributed by atoms with Crippen molar-refractivity contribution < 1.29 is 13.2 Å². The summed E-state index contributed by atoms with van der Waals surface area (Å²) in [6, 6.07) is 0. The molecule has 6 nitrogen and oxygen atoms in total. The fraction of sp³-hybridized carbons (Fsp3) is 0.700. The zero-order chi connectivity index (χ0) is 13.8. The van der Waals surface area contributed by atoms with Crippen molar-refractivity contribution in [3.63, 3.8) is 0 Å². The van der Waals surface area contributed by atoms with Gasteiger partial charge in [-0.3, -0.25) is 0 Å². The Labute approximate surface area is 112 Å². The van der Waals surface area contributed by atoms with E-state index in [0.717, 1.165) is 17.8 Å². The van der Waals surface area contributed by atoms with E-state index in [1.807, 2.05) is 18.7 Å².